The normalized spacial score (nSPS) is 10.8. The Morgan fingerprint density at radius 3 is 2.58 bits per heavy atom. The highest BCUT2D eigenvalue weighted by atomic mass is 79.9. The van der Waals surface area contributed by atoms with Crippen molar-refractivity contribution in [3.63, 3.8) is 0 Å². The standard InChI is InChI=1S/C14H15BrClN3/c1-8(2)14-18-12(16)7-13(19-14)17-11-5-4-9(3)6-10(11)15/h4-8H,1-3H3,(H,17,18,19). The SMILES string of the molecule is Cc1ccc(Nc2cc(Cl)nc(C(C)C)n2)c(Br)c1. The molecule has 0 saturated heterocycles. The lowest BCUT2D eigenvalue weighted by molar-refractivity contribution is 0.776. The van der Waals surface area contributed by atoms with E-state index in [1.807, 2.05) is 32.9 Å². The molecule has 1 heterocycles. The molecule has 0 aliphatic rings. The van der Waals surface area contributed by atoms with Gasteiger partial charge in [-0.2, -0.15) is 0 Å². The fraction of sp³-hybridized carbons (Fsp3) is 0.286. The second kappa shape index (κ2) is 5.88. The Bertz CT molecular complexity index is 599. The third-order valence-corrected chi connectivity index (χ3v) is 3.47. The lowest BCUT2D eigenvalue weighted by atomic mass is 10.2. The van der Waals surface area contributed by atoms with Gasteiger partial charge in [0.15, 0.2) is 0 Å². The van der Waals surface area contributed by atoms with Crippen LogP contribution in [0.3, 0.4) is 0 Å². The smallest absolute Gasteiger partial charge is 0.135 e. The van der Waals surface area contributed by atoms with Crippen molar-refractivity contribution >= 4 is 39.0 Å². The molecule has 0 fully saturated rings. The van der Waals surface area contributed by atoms with Gasteiger partial charge in [0.25, 0.3) is 0 Å². The molecule has 0 saturated carbocycles. The van der Waals surface area contributed by atoms with Crippen LogP contribution >= 0.6 is 27.5 Å². The molecule has 5 heteroatoms. The molecule has 2 aromatic rings. The van der Waals surface area contributed by atoms with Crippen LogP contribution in [0.15, 0.2) is 28.7 Å². The zero-order chi connectivity index (χ0) is 14.0. The van der Waals surface area contributed by atoms with E-state index in [-0.39, 0.29) is 5.92 Å². The van der Waals surface area contributed by atoms with Gasteiger partial charge in [0, 0.05) is 16.5 Å². The summed E-state index contributed by atoms with van der Waals surface area (Å²) < 4.78 is 0.994. The lowest BCUT2D eigenvalue weighted by Crippen LogP contribution is -2.02. The number of aromatic nitrogens is 2. The fourth-order valence-electron chi connectivity index (χ4n) is 1.62. The number of hydrogen-bond acceptors (Lipinski definition) is 3. The van der Waals surface area contributed by atoms with Crippen molar-refractivity contribution in [2.45, 2.75) is 26.7 Å². The van der Waals surface area contributed by atoms with Crippen molar-refractivity contribution in [2.24, 2.45) is 0 Å². The first-order valence-electron chi connectivity index (χ1n) is 6.03. The second-order valence-corrected chi connectivity index (χ2v) is 5.94. The molecule has 0 aliphatic heterocycles. The highest BCUT2D eigenvalue weighted by Crippen LogP contribution is 2.27. The molecule has 1 N–H and O–H groups in total. The first-order chi connectivity index (χ1) is 8.95. The number of hydrogen-bond donors (Lipinski definition) is 1. The third-order valence-electron chi connectivity index (χ3n) is 2.62. The molecule has 19 heavy (non-hydrogen) atoms. The fourth-order valence-corrected chi connectivity index (χ4v) is 2.40. The van der Waals surface area contributed by atoms with E-state index < -0.39 is 0 Å². The number of halogens is 2. The summed E-state index contributed by atoms with van der Waals surface area (Å²) in [6.45, 7) is 6.13. The maximum atomic E-state index is 6.02. The Balaban J connectivity index is 2.32. The number of anilines is 2. The van der Waals surface area contributed by atoms with E-state index in [4.69, 9.17) is 11.6 Å². The Hall–Kier alpha value is -1.13. The van der Waals surface area contributed by atoms with Crippen LogP contribution in [0.2, 0.25) is 5.15 Å². The van der Waals surface area contributed by atoms with Gasteiger partial charge in [0.1, 0.15) is 16.8 Å². The van der Waals surface area contributed by atoms with Crippen molar-refractivity contribution in [1.82, 2.24) is 9.97 Å². The molecule has 0 radical (unpaired) electrons. The van der Waals surface area contributed by atoms with E-state index in [9.17, 15) is 0 Å². The van der Waals surface area contributed by atoms with Crippen LogP contribution in [0, 0.1) is 6.92 Å². The molecule has 3 nitrogen and oxygen atoms in total. The van der Waals surface area contributed by atoms with Crippen molar-refractivity contribution < 1.29 is 0 Å². The summed E-state index contributed by atoms with van der Waals surface area (Å²) in [5, 5.41) is 3.70. The Morgan fingerprint density at radius 2 is 1.95 bits per heavy atom. The summed E-state index contributed by atoms with van der Waals surface area (Å²) >= 11 is 9.55. The quantitative estimate of drug-likeness (QED) is 0.793. The van der Waals surface area contributed by atoms with Gasteiger partial charge < -0.3 is 5.32 Å². The minimum atomic E-state index is 0.237. The molecule has 0 unspecified atom stereocenters. The van der Waals surface area contributed by atoms with Gasteiger partial charge in [0.2, 0.25) is 0 Å². The summed E-state index contributed by atoms with van der Waals surface area (Å²) in [4.78, 5) is 8.68. The highest BCUT2D eigenvalue weighted by Gasteiger charge is 2.08. The maximum absolute atomic E-state index is 6.02. The summed E-state index contributed by atoms with van der Waals surface area (Å²) in [5.74, 6) is 1.67. The molecular weight excluding hydrogens is 326 g/mol. The van der Waals surface area contributed by atoms with Crippen molar-refractivity contribution in [3.8, 4) is 0 Å². The molecule has 1 aromatic carbocycles. The Kier molecular flexibility index (Phi) is 4.42. The first kappa shape index (κ1) is 14.3. The predicted molar refractivity (Wildman–Crippen MR) is 83.3 cm³/mol. The molecule has 1 aromatic heterocycles. The number of rotatable bonds is 3. The Morgan fingerprint density at radius 1 is 1.21 bits per heavy atom. The monoisotopic (exact) mass is 339 g/mol. The summed E-state index contributed by atoms with van der Waals surface area (Å²) in [5.41, 5.74) is 2.15. The van der Waals surface area contributed by atoms with Crippen LogP contribution in [-0.2, 0) is 0 Å². The minimum Gasteiger partial charge on any atom is -0.339 e. The van der Waals surface area contributed by atoms with Crippen LogP contribution in [0.4, 0.5) is 11.5 Å². The van der Waals surface area contributed by atoms with E-state index in [0.717, 1.165) is 16.0 Å². The van der Waals surface area contributed by atoms with Crippen LogP contribution in [0.5, 0.6) is 0 Å². The van der Waals surface area contributed by atoms with E-state index in [2.05, 4.69) is 37.3 Å². The van der Waals surface area contributed by atoms with Gasteiger partial charge in [-0.3, -0.25) is 0 Å². The number of nitrogens with one attached hydrogen (secondary N) is 1. The van der Waals surface area contributed by atoms with Gasteiger partial charge in [-0.15, -0.1) is 0 Å². The van der Waals surface area contributed by atoms with Crippen LogP contribution in [-0.4, -0.2) is 9.97 Å². The van der Waals surface area contributed by atoms with E-state index in [1.165, 1.54) is 5.56 Å². The predicted octanol–water partition coefficient (Wildman–Crippen LogP) is 5.07. The van der Waals surface area contributed by atoms with Crippen LogP contribution in [0.1, 0.15) is 31.2 Å². The van der Waals surface area contributed by atoms with Gasteiger partial charge in [-0.25, -0.2) is 9.97 Å². The molecule has 0 atom stereocenters. The first-order valence-corrected chi connectivity index (χ1v) is 7.20. The maximum Gasteiger partial charge on any atom is 0.135 e. The number of nitrogens with zero attached hydrogens (tertiary/aromatic N) is 2. The zero-order valence-corrected chi connectivity index (χ0v) is 13.4. The molecule has 2 rings (SSSR count). The zero-order valence-electron chi connectivity index (χ0n) is 11.0. The molecule has 0 aliphatic carbocycles. The second-order valence-electron chi connectivity index (χ2n) is 4.70. The van der Waals surface area contributed by atoms with Crippen molar-refractivity contribution in [2.75, 3.05) is 5.32 Å². The molecule has 100 valence electrons. The molecule has 0 bridgehead atoms. The molecule has 0 spiro atoms. The van der Waals surface area contributed by atoms with Crippen molar-refractivity contribution in [3.05, 3.63) is 45.3 Å². The molecular formula is C14H15BrClN3. The largest absolute Gasteiger partial charge is 0.339 e. The summed E-state index contributed by atoms with van der Waals surface area (Å²) in [6.07, 6.45) is 0. The Labute approximate surface area is 126 Å². The number of aryl methyl sites for hydroxylation is 1. The summed E-state index contributed by atoms with van der Waals surface area (Å²) in [6, 6.07) is 7.82. The van der Waals surface area contributed by atoms with E-state index >= 15 is 0 Å². The van der Waals surface area contributed by atoms with Gasteiger partial charge >= 0.3 is 0 Å². The van der Waals surface area contributed by atoms with Gasteiger partial charge in [-0.05, 0) is 40.5 Å². The van der Waals surface area contributed by atoms with Crippen LogP contribution < -0.4 is 5.32 Å². The number of benzene rings is 1. The highest BCUT2D eigenvalue weighted by molar-refractivity contribution is 9.10. The van der Waals surface area contributed by atoms with Crippen molar-refractivity contribution in [1.29, 1.82) is 0 Å². The summed E-state index contributed by atoms with van der Waals surface area (Å²) in [7, 11) is 0. The average molecular weight is 341 g/mol. The lowest BCUT2D eigenvalue weighted by Gasteiger charge is -2.11. The van der Waals surface area contributed by atoms with Crippen LogP contribution in [0.25, 0.3) is 0 Å². The minimum absolute atomic E-state index is 0.237. The van der Waals surface area contributed by atoms with Gasteiger partial charge in [-0.1, -0.05) is 31.5 Å². The van der Waals surface area contributed by atoms with E-state index in [0.29, 0.717) is 11.0 Å². The third kappa shape index (κ3) is 3.67. The topological polar surface area (TPSA) is 37.8 Å². The average Bonchev–Trinajstić information content (AvgIpc) is 2.32. The van der Waals surface area contributed by atoms with E-state index in [1.54, 1.807) is 6.07 Å². The van der Waals surface area contributed by atoms with Gasteiger partial charge in [0.05, 0.1) is 5.69 Å². The molecule has 0 amide bonds.